The largest absolute Gasteiger partial charge is 0.433 e. The second kappa shape index (κ2) is 5.82. The van der Waals surface area contributed by atoms with Crippen molar-refractivity contribution >= 4 is 11.8 Å². The van der Waals surface area contributed by atoms with Crippen LogP contribution < -0.4 is 10.2 Å². The summed E-state index contributed by atoms with van der Waals surface area (Å²) >= 11 is 0. The SMILES string of the molecule is CNc1nc(N2CCCCC2CO)cc(C(F)(F)F)n1. The van der Waals surface area contributed by atoms with Crippen LogP contribution in [0.1, 0.15) is 25.0 Å². The molecule has 2 N–H and O–H groups in total. The van der Waals surface area contributed by atoms with E-state index in [1.807, 2.05) is 0 Å². The average Bonchev–Trinajstić information content (AvgIpc) is 2.45. The van der Waals surface area contributed by atoms with Gasteiger partial charge in [-0.05, 0) is 19.3 Å². The minimum Gasteiger partial charge on any atom is -0.394 e. The summed E-state index contributed by atoms with van der Waals surface area (Å²) in [6, 6.07) is 0.749. The molecule has 5 nitrogen and oxygen atoms in total. The molecular formula is C12H17F3N4O. The molecule has 1 aliphatic heterocycles. The molecule has 1 saturated heterocycles. The molecule has 8 heteroatoms. The highest BCUT2D eigenvalue weighted by Gasteiger charge is 2.35. The van der Waals surface area contributed by atoms with Crippen LogP contribution in [-0.2, 0) is 6.18 Å². The molecule has 0 radical (unpaired) electrons. The van der Waals surface area contributed by atoms with Crippen molar-refractivity contribution in [1.29, 1.82) is 0 Å². The van der Waals surface area contributed by atoms with E-state index in [0.29, 0.717) is 6.54 Å². The van der Waals surface area contributed by atoms with Gasteiger partial charge >= 0.3 is 6.18 Å². The first kappa shape index (κ1) is 14.8. The average molecular weight is 290 g/mol. The highest BCUT2D eigenvalue weighted by molar-refractivity contribution is 5.46. The van der Waals surface area contributed by atoms with Crippen LogP contribution in [0.25, 0.3) is 0 Å². The van der Waals surface area contributed by atoms with Crippen molar-refractivity contribution in [2.75, 3.05) is 30.4 Å². The summed E-state index contributed by atoms with van der Waals surface area (Å²) in [6.07, 6.45) is -1.95. The van der Waals surface area contributed by atoms with E-state index in [4.69, 9.17) is 0 Å². The van der Waals surface area contributed by atoms with Crippen LogP contribution in [0.2, 0.25) is 0 Å². The summed E-state index contributed by atoms with van der Waals surface area (Å²) in [4.78, 5) is 9.24. The second-order valence-electron chi connectivity index (χ2n) is 4.71. The summed E-state index contributed by atoms with van der Waals surface area (Å²) in [5.41, 5.74) is -0.978. The standard InChI is InChI=1S/C12H17F3N4O/c1-16-11-17-9(12(13,14)15)6-10(18-11)19-5-3-2-4-8(19)7-20/h6,8,20H,2-5,7H2,1H3,(H,16,17,18). The molecule has 0 saturated carbocycles. The monoisotopic (exact) mass is 290 g/mol. The van der Waals surface area contributed by atoms with Crippen LogP contribution in [0, 0.1) is 0 Å². The summed E-state index contributed by atoms with van der Waals surface area (Å²) in [5.74, 6) is 0.132. The number of aliphatic hydroxyl groups excluding tert-OH is 1. The number of nitrogens with zero attached hydrogens (tertiary/aromatic N) is 3. The Kier molecular flexibility index (Phi) is 4.32. The first-order chi connectivity index (χ1) is 9.45. The molecule has 1 atom stereocenters. The Hall–Kier alpha value is -1.57. The topological polar surface area (TPSA) is 61.3 Å². The number of anilines is 2. The second-order valence-corrected chi connectivity index (χ2v) is 4.71. The van der Waals surface area contributed by atoms with Gasteiger partial charge in [-0.2, -0.15) is 18.2 Å². The Bertz CT molecular complexity index is 467. The Balaban J connectivity index is 2.39. The number of halogens is 3. The third kappa shape index (κ3) is 3.12. The van der Waals surface area contributed by atoms with Crippen molar-refractivity contribution in [2.45, 2.75) is 31.5 Å². The van der Waals surface area contributed by atoms with Crippen LogP contribution in [0.15, 0.2) is 6.07 Å². The molecule has 112 valence electrons. The van der Waals surface area contributed by atoms with Crippen molar-refractivity contribution in [3.63, 3.8) is 0 Å². The molecule has 0 aliphatic carbocycles. The highest BCUT2D eigenvalue weighted by Crippen LogP contribution is 2.32. The lowest BCUT2D eigenvalue weighted by Gasteiger charge is -2.35. The molecule has 2 rings (SSSR count). The molecular weight excluding hydrogens is 273 g/mol. The lowest BCUT2D eigenvalue weighted by molar-refractivity contribution is -0.141. The minimum absolute atomic E-state index is 0.0721. The molecule has 0 bridgehead atoms. The lowest BCUT2D eigenvalue weighted by Crippen LogP contribution is -2.42. The van der Waals surface area contributed by atoms with E-state index in [-0.39, 0.29) is 24.4 Å². The van der Waals surface area contributed by atoms with Crippen molar-refractivity contribution in [1.82, 2.24) is 9.97 Å². The first-order valence-corrected chi connectivity index (χ1v) is 6.47. The lowest BCUT2D eigenvalue weighted by atomic mass is 10.0. The fourth-order valence-corrected chi connectivity index (χ4v) is 2.33. The van der Waals surface area contributed by atoms with Gasteiger partial charge in [0.2, 0.25) is 5.95 Å². The van der Waals surface area contributed by atoms with Gasteiger partial charge in [0, 0.05) is 19.7 Å². The third-order valence-electron chi connectivity index (χ3n) is 3.36. The molecule has 1 aliphatic rings. The molecule has 20 heavy (non-hydrogen) atoms. The van der Waals surface area contributed by atoms with Gasteiger partial charge in [0.05, 0.1) is 12.6 Å². The van der Waals surface area contributed by atoms with Gasteiger partial charge < -0.3 is 15.3 Å². The molecule has 0 amide bonds. The van der Waals surface area contributed by atoms with E-state index in [9.17, 15) is 18.3 Å². The summed E-state index contributed by atoms with van der Waals surface area (Å²) in [7, 11) is 1.47. The van der Waals surface area contributed by atoms with Gasteiger partial charge in [0.25, 0.3) is 0 Å². The molecule has 2 heterocycles. The summed E-state index contributed by atoms with van der Waals surface area (Å²) < 4.78 is 38.5. The summed E-state index contributed by atoms with van der Waals surface area (Å²) in [6.45, 7) is 0.489. The molecule has 1 unspecified atom stereocenters. The van der Waals surface area contributed by atoms with Crippen molar-refractivity contribution in [3.8, 4) is 0 Å². The number of hydrogen-bond acceptors (Lipinski definition) is 5. The highest BCUT2D eigenvalue weighted by atomic mass is 19.4. The Morgan fingerprint density at radius 2 is 2.15 bits per heavy atom. The maximum Gasteiger partial charge on any atom is 0.433 e. The van der Waals surface area contributed by atoms with E-state index in [1.165, 1.54) is 7.05 Å². The zero-order valence-electron chi connectivity index (χ0n) is 11.1. The fraction of sp³-hybridized carbons (Fsp3) is 0.667. The predicted molar refractivity (Wildman–Crippen MR) is 68.7 cm³/mol. The van der Waals surface area contributed by atoms with E-state index >= 15 is 0 Å². The van der Waals surface area contributed by atoms with Gasteiger partial charge in [-0.3, -0.25) is 0 Å². The predicted octanol–water partition coefficient (Wildman–Crippen LogP) is 1.89. The Morgan fingerprint density at radius 1 is 1.40 bits per heavy atom. The fourth-order valence-electron chi connectivity index (χ4n) is 2.33. The van der Waals surface area contributed by atoms with Gasteiger partial charge in [-0.25, -0.2) is 4.98 Å². The minimum atomic E-state index is -4.52. The molecule has 0 spiro atoms. The van der Waals surface area contributed by atoms with Crippen LogP contribution in [-0.4, -0.2) is 41.3 Å². The smallest absolute Gasteiger partial charge is 0.394 e. The number of aliphatic hydroxyl groups is 1. The Morgan fingerprint density at radius 3 is 2.75 bits per heavy atom. The van der Waals surface area contributed by atoms with Crippen LogP contribution in [0.3, 0.4) is 0 Å². The number of alkyl halides is 3. The number of piperidine rings is 1. The van der Waals surface area contributed by atoms with Crippen molar-refractivity contribution in [3.05, 3.63) is 11.8 Å². The van der Waals surface area contributed by atoms with Gasteiger partial charge in [-0.15, -0.1) is 0 Å². The molecule has 1 aromatic heterocycles. The van der Waals surface area contributed by atoms with Crippen molar-refractivity contribution < 1.29 is 18.3 Å². The first-order valence-electron chi connectivity index (χ1n) is 6.47. The van der Waals surface area contributed by atoms with Crippen LogP contribution in [0.4, 0.5) is 24.9 Å². The number of aromatic nitrogens is 2. The zero-order chi connectivity index (χ0) is 14.8. The normalized spacial score (nSPS) is 20.1. The van der Waals surface area contributed by atoms with Gasteiger partial charge in [0.15, 0.2) is 5.69 Å². The number of hydrogen-bond donors (Lipinski definition) is 2. The zero-order valence-corrected chi connectivity index (χ0v) is 11.1. The Labute approximate surface area is 114 Å². The maximum atomic E-state index is 12.8. The van der Waals surface area contributed by atoms with E-state index in [1.54, 1.807) is 4.90 Å². The van der Waals surface area contributed by atoms with E-state index in [2.05, 4.69) is 15.3 Å². The molecule has 1 aromatic rings. The molecule has 0 aromatic carbocycles. The summed E-state index contributed by atoms with van der Waals surface area (Å²) in [5, 5.41) is 11.9. The number of nitrogens with one attached hydrogen (secondary N) is 1. The van der Waals surface area contributed by atoms with E-state index in [0.717, 1.165) is 25.3 Å². The maximum absolute atomic E-state index is 12.8. The third-order valence-corrected chi connectivity index (χ3v) is 3.36. The van der Waals surface area contributed by atoms with Gasteiger partial charge in [-0.1, -0.05) is 0 Å². The van der Waals surface area contributed by atoms with Crippen LogP contribution >= 0.6 is 0 Å². The van der Waals surface area contributed by atoms with Crippen molar-refractivity contribution in [2.24, 2.45) is 0 Å². The van der Waals surface area contributed by atoms with Gasteiger partial charge in [0.1, 0.15) is 5.82 Å². The molecule has 1 fully saturated rings. The van der Waals surface area contributed by atoms with Crippen LogP contribution in [0.5, 0.6) is 0 Å². The quantitative estimate of drug-likeness (QED) is 0.890. The number of rotatable bonds is 3. The van der Waals surface area contributed by atoms with E-state index < -0.39 is 11.9 Å².